The van der Waals surface area contributed by atoms with Crippen LogP contribution < -0.4 is 5.32 Å². The lowest BCUT2D eigenvalue weighted by Crippen LogP contribution is -2.43. The Morgan fingerprint density at radius 1 is 1.00 bits per heavy atom. The van der Waals surface area contributed by atoms with E-state index in [4.69, 9.17) is 4.74 Å². The second-order valence-electron chi connectivity index (χ2n) is 7.04. The molecule has 25 heavy (non-hydrogen) atoms. The number of methoxy groups -OCH3 is 2. The average Bonchev–Trinajstić information content (AvgIpc) is 2.58. The first kappa shape index (κ1) is 20.7. The van der Waals surface area contributed by atoms with E-state index >= 15 is 0 Å². The van der Waals surface area contributed by atoms with E-state index in [1.165, 1.54) is 14.2 Å². The van der Waals surface area contributed by atoms with Crippen LogP contribution in [0.5, 0.6) is 0 Å². The van der Waals surface area contributed by atoms with Gasteiger partial charge < -0.3 is 14.8 Å². The van der Waals surface area contributed by atoms with E-state index in [1.807, 2.05) is 12.1 Å². The lowest BCUT2D eigenvalue weighted by molar-refractivity contribution is -0.147. The highest BCUT2D eigenvalue weighted by atomic mass is 16.5. The van der Waals surface area contributed by atoms with Gasteiger partial charge in [-0.25, -0.2) is 4.79 Å². The molecule has 1 amide bonds. The van der Waals surface area contributed by atoms with Crippen LogP contribution in [0.3, 0.4) is 0 Å². The zero-order valence-corrected chi connectivity index (χ0v) is 15.7. The van der Waals surface area contributed by atoms with Gasteiger partial charge in [-0.3, -0.25) is 9.59 Å². The molecular formula is C19H27NO5. The van der Waals surface area contributed by atoms with Gasteiger partial charge in [0.2, 0.25) is 0 Å². The number of hydrogen-bond acceptors (Lipinski definition) is 5. The van der Waals surface area contributed by atoms with Gasteiger partial charge in [0.25, 0.3) is 5.91 Å². The first-order valence-electron chi connectivity index (χ1n) is 8.17. The largest absolute Gasteiger partial charge is 0.469 e. The maximum Gasteiger partial charge on any atom is 0.328 e. The van der Waals surface area contributed by atoms with E-state index in [9.17, 15) is 14.4 Å². The summed E-state index contributed by atoms with van der Waals surface area (Å²) in [6, 6.07) is 6.29. The maximum atomic E-state index is 12.4. The van der Waals surface area contributed by atoms with Crippen molar-refractivity contribution in [2.45, 2.75) is 45.6 Å². The van der Waals surface area contributed by atoms with E-state index in [0.29, 0.717) is 5.56 Å². The minimum atomic E-state index is -0.922. The maximum absolute atomic E-state index is 12.4. The molecule has 0 spiro atoms. The zero-order valence-electron chi connectivity index (χ0n) is 15.7. The molecule has 0 aliphatic carbocycles. The minimum Gasteiger partial charge on any atom is -0.469 e. The van der Waals surface area contributed by atoms with Gasteiger partial charge >= 0.3 is 11.9 Å². The summed E-state index contributed by atoms with van der Waals surface area (Å²) in [5.41, 5.74) is 1.53. The number of amides is 1. The highest BCUT2D eigenvalue weighted by Crippen LogP contribution is 2.22. The quantitative estimate of drug-likeness (QED) is 0.798. The molecule has 1 rings (SSSR count). The zero-order chi connectivity index (χ0) is 19.2. The fourth-order valence-electron chi connectivity index (χ4n) is 2.37. The van der Waals surface area contributed by atoms with Crippen molar-refractivity contribution in [1.82, 2.24) is 5.32 Å². The summed E-state index contributed by atoms with van der Waals surface area (Å²) in [5.74, 6) is -1.99. The van der Waals surface area contributed by atoms with Gasteiger partial charge in [-0.1, -0.05) is 39.8 Å². The summed E-state index contributed by atoms with van der Waals surface area (Å²) in [6.45, 7) is 7.89. The minimum absolute atomic E-state index is 0.0144. The fourth-order valence-corrected chi connectivity index (χ4v) is 2.37. The molecule has 1 aromatic carbocycles. The Hall–Kier alpha value is -2.37. The van der Waals surface area contributed by atoms with Crippen molar-refractivity contribution < 1.29 is 23.9 Å². The summed E-state index contributed by atoms with van der Waals surface area (Å²) >= 11 is 0. The molecule has 1 aromatic rings. The molecule has 0 aliphatic rings. The number of ether oxygens (including phenoxy) is 2. The smallest absolute Gasteiger partial charge is 0.328 e. The molecule has 0 saturated carbocycles. The predicted molar refractivity (Wildman–Crippen MR) is 94.2 cm³/mol. The molecule has 2 atom stereocenters. The van der Waals surface area contributed by atoms with Crippen LogP contribution in [-0.2, 0) is 24.5 Å². The first-order chi connectivity index (χ1) is 11.6. The Kier molecular flexibility index (Phi) is 7.15. The van der Waals surface area contributed by atoms with E-state index < -0.39 is 29.8 Å². The molecule has 0 unspecified atom stereocenters. The Labute approximate surface area is 148 Å². The lowest BCUT2D eigenvalue weighted by atomic mass is 9.86. The monoisotopic (exact) mass is 349 g/mol. The Bertz CT molecular complexity index is 616. The van der Waals surface area contributed by atoms with Crippen LogP contribution in [0.1, 0.15) is 50.0 Å². The number of hydrogen-bond donors (Lipinski definition) is 1. The van der Waals surface area contributed by atoms with Crippen molar-refractivity contribution >= 4 is 17.8 Å². The Morgan fingerprint density at radius 2 is 1.52 bits per heavy atom. The Balaban J connectivity index is 2.87. The second-order valence-corrected chi connectivity index (χ2v) is 7.04. The number of esters is 2. The SMILES string of the molecule is COC(=O)[C@@H](C)C[C@@H](NC(=O)c1ccc(C(C)(C)C)cc1)C(=O)OC. The van der Waals surface area contributed by atoms with Crippen LogP contribution in [0.25, 0.3) is 0 Å². The number of nitrogens with one attached hydrogen (secondary N) is 1. The number of carbonyl (C=O) groups is 3. The molecule has 0 fully saturated rings. The van der Waals surface area contributed by atoms with Crippen molar-refractivity contribution in [3.8, 4) is 0 Å². The summed E-state index contributed by atoms with van der Waals surface area (Å²) in [7, 11) is 2.52. The number of carbonyl (C=O) groups excluding carboxylic acids is 3. The summed E-state index contributed by atoms with van der Waals surface area (Å²) < 4.78 is 9.38. The van der Waals surface area contributed by atoms with Gasteiger partial charge in [-0.05, 0) is 29.5 Å². The average molecular weight is 349 g/mol. The summed E-state index contributed by atoms with van der Waals surface area (Å²) in [4.78, 5) is 35.9. The van der Waals surface area contributed by atoms with E-state index in [-0.39, 0.29) is 11.8 Å². The molecule has 0 aliphatic heterocycles. The van der Waals surface area contributed by atoms with Crippen LogP contribution in [0.2, 0.25) is 0 Å². The molecule has 6 heteroatoms. The number of rotatable bonds is 6. The molecule has 6 nitrogen and oxygen atoms in total. The highest BCUT2D eigenvalue weighted by molar-refractivity contribution is 5.96. The molecule has 0 aromatic heterocycles. The van der Waals surface area contributed by atoms with Crippen LogP contribution >= 0.6 is 0 Å². The van der Waals surface area contributed by atoms with Crippen LogP contribution in [0, 0.1) is 5.92 Å². The summed E-state index contributed by atoms with van der Waals surface area (Å²) in [6.07, 6.45) is 0.102. The van der Waals surface area contributed by atoms with Crippen molar-refractivity contribution in [2.24, 2.45) is 5.92 Å². The van der Waals surface area contributed by atoms with Gasteiger partial charge in [-0.2, -0.15) is 0 Å². The topological polar surface area (TPSA) is 81.7 Å². The fraction of sp³-hybridized carbons (Fsp3) is 0.526. The third kappa shape index (κ3) is 5.89. The molecule has 0 saturated heterocycles. The van der Waals surface area contributed by atoms with Gasteiger partial charge in [0, 0.05) is 5.56 Å². The standard InChI is InChI=1S/C19H27NO5/c1-12(17(22)24-5)11-15(18(23)25-6)20-16(21)13-7-9-14(10-8-13)19(2,3)4/h7-10,12,15H,11H2,1-6H3,(H,20,21)/t12-,15+/m0/s1. The number of benzene rings is 1. The molecule has 0 radical (unpaired) electrons. The molecular weight excluding hydrogens is 322 g/mol. The second kappa shape index (κ2) is 8.65. The summed E-state index contributed by atoms with van der Waals surface area (Å²) in [5, 5.41) is 2.63. The van der Waals surface area contributed by atoms with Crippen LogP contribution in [0.4, 0.5) is 0 Å². The highest BCUT2D eigenvalue weighted by Gasteiger charge is 2.27. The van der Waals surface area contributed by atoms with Crippen LogP contribution in [0.15, 0.2) is 24.3 Å². The lowest BCUT2D eigenvalue weighted by Gasteiger charge is -2.20. The molecule has 0 bridgehead atoms. The molecule has 1 N–H and O–H groups in total. The first-order valence-corrected chi connectivity index (χ1v) is 8.17. The Morgan fingerprint density at radius 3 is 1.96 bits per heavy atom. The van der Waals surface area contributed by atoms with Crippen molar-refractivity contribution in [3.63, 3.8) is 0 Å². The van der Waals surface area contributed by atoms with Gasteiger partial charge in [-0.15, -0.1) is 0 Å². The third-order valence-corrected chi connectivity index (χ3v) is 4.00. The van der Waals surface area contributed by atoms with E-state index in [2.05, 4.69) is 30.8 Å². The van der Waals surface area contributed by atoms with Gasteiger partial charge in [0.1, 0.15) is 6.04 Å². The van der Waals surface area contributed by atoms with E-state index in [0.717, 1.165) is 5.56 Å². The molecule has 0 heterocycles. The van der Waals surface area contributed by atoms with Gasteiger partial charge in [0.15, 0.2) is 0 Å². The van der Waals surface area contributed by atoms with Crippen molar-refractivity contribution in [3.05, 3.63) is 35.4 Å². The third-order valence-electron chi connectivity index (χ3n) is 4.00. The predicted octanol–water partition coefficient (Wildman–Crippen LogP) is 2.45. The van der Waals surface area contributed by atoms with Crippen molar-refractivity contribution in [1.29, 1.82) is 0 Å². The normalized spacial score (nSPS) is 13.5. The van der Waals surface area contributed by atoms with Crippen molar-refractivity contribution in [2.75, 3.05) is 14.2 Å². The van der Waals surface area contributed by atoms with Crippen LogP contribution in [-0.4, -0.2) is 38.1 Å². The van der Waals surface area contributed by atoms with Gasteiger partial charge in [0.05, 0.1) is 20.1 Å². The molecule has 138 valence electrons. The van der Waals surface area contributed by atoms with E-state index in [1.54, 1.807) is 19.1 Å².